The van der Waals surface area contributed by atoms with Gasteiger partial charge in [-0.2, -0.15) is 0 Å². The number of aliphatic hydroxyl groups is 1. The molecular weight excluding hydrogens is 1110 g/mol. The Hall–Kier alpha value is -8.46. The highest BCUT2D eigenvalue weighted by Crippen LogP contribution is 2.24. The molecule has 10 atom stereocenters. The number of aliphatic carboxylic acids is 1. The molecule has 3 aliphatic heterocycles. The van der Waals surface area contributed by atoms with Crippen LogP contribution >= 0.6 is 0 Å². The van der Waals surface area contributed by atoms with Crippen LogP contribution in [0, 0.1) is 5.92 Å². The molecule has 0 aliphatic carbocycles. The van der Waals surface area contributed by atoms with Crippen molar-refractivity contribution < 1.29 is 58.2 Å². The Morgan fingerprint density at radius 2 is 1.10 bits per heavy atom. The van der Waals surface area contributed by atoms with Gasteiger partial charge in [-0.3, -0.25) is 48.1 Å². The van der Waals surface area contributed by atoms with E-state index in [1.165, 1.54) is 27.2 Å². The number of hydrogen-bond acceptors (Lipinski definition) is 14. The molecule has 0 bridgehead atoms. The molecule has 3 aliphatic rings. The van der Waals surface area contributed by atoms with Gasteiger partial charge in [-0.05, 0) is 74.8 Å². The van der Waals surface area contributed by atoms with E-state index in [2.05, 4.69) is 46.9 Å². The van der Waals surface area contributed by atoms with Gasteiger partial charge in [-0.15, -0.1) is 0 Å². The molecule has 3 saturated heterocycles. The average Bonchev–Trinajstić information content (AvgIpc) is 4.34. The van der Waals surface area contributed by atoms with Crippen LogP contribution in [0.25, 0.3) is 0 Å². The van der Waals surface area contributed by atoms with Gasteiger partial charge in [0.2, 0.25) is 53.2 Å². The predicted octanol–water partition coefficient (Wildman–Crippen LogP) is -1.38. The minimum atomic E-state index is -1.73. The van der Waals surface area contributed by atoms with Crippen molar-refractivity contribution in [1.82, 2.24) is 56.6 Å². The summed E-state index contributed by atoms with van der Waals surface area (Å²) < 4.78 is 0. The monoisotopic (exact) mass is 1200 g/mol. The van der Waals surface area contributed by atoms with Crippen LogP contribution in [0.4, 0.5) is 0 Å². The summed E-state index contributed by atoms with van der Waals surface area (Å²) in [4.78, 5) is 155. The van der Waals surface area contributed by atoms with Gasteiger partial charge in [0.15, 0.2) is 5.96 Å². The Labute approximate surface area is 500 Å². The summed E-state index contributed by atoms with van der Waals surface area (Å²) in [7, 11) is 0. The van der Waals surface area contributed by atoms with Crippen molar-refractivity contribution >= 4 is 65.1 Å². The summed E-state index contributed by atoms with van der Waals surface area (Å²) in [6.07, 6.45) is 6.85. The number of carbonyl (C=O) groups is 10. The maximum atomic E-state index is 14.6. The molecule has 9 amide bonds. The van der Waals surface area contributed by atoms with Gasteiger partial charge in [0.1, 0.15) is 54.4 Å². The number of amides is 9. The summed E-state index contributed by atoms with van der Waals surface area (Å²) in [5, 5.41) is 36.7. The number of aliphatic hydroxyl groups excluding tert-OH is 1. The molecule has 1 aromatic heterocycles. The van der Waals surface area contributed by atoms with Crippen LogP contribution in [0.2, 0.25) is 0 Å². The number of guanidine groups is 1. The normalized spacial score (nSPS) is 19.0. The van der Waals surface area contributed by atoms with Crippen molar-refractivity contribution in [3.8, 4) is 0 Å². The van der Waals surface area contributed by atoms with Gasteiger partial charge in [0, 0.05) is 57.3 Å². The van der Waals surface area contributed by atoms with Crippen molar-refractivity contribution in [2.45, 2.75) is 171 Å². The number of carboxylic acids is 1. The predicted molar refractivity (Wildman–Crippen MR) is 315 cm³/mol. The number of benzene rings is 2. The molecule has 4 heterocycles. The summed E-state index contributed by atoms with van der Waals surface area (Å²) in [5.41, 5.74) is 19.1. The Morgan fingerprint density at radius 1 is 0.616 bits per heavy atom. The van der Waals surface area contributed by atoms with Crippen LogP contribution in [0.15, 0.2) is 78.2 Å². The zero-order chi connectivity index (χ0) is 62.5. The number of H-pyrrole nitrogens is 1. The van der Waals surface area contributed by atoms with Gasteiger partial charge >= 0.3 is 5.97 Å². The molecule has 0 radical (unpaired) electrons. The number of aliphatic imine (C=N–C) groups is 1. The molecule has 3 fully saturated rings. The van der Waals surface area contributed by atoms with Crippen LogP contribution in [0.1, 0.15) is 108 Å². The minimum Gasteiger partial charge on any atom is -0.480 e. The molecule has 2 aromatic carbocycles. The Bertz CT molecular complexity index is 2820. The van der Waals surface area contributed by atoms with E-state index in [1.807, 2.05) is 6.92 Å². The van der Waals surface area contributed by atoms with Gasteiger partial charge in [0.25, 0.3) is 0 Å². The standard InChI is InChI=1S/C59H85N15O12/c1-4-5-20-39(60)55(82)72-26-13-22-45(72)53(80)68-41(29-36-16-8-6-9-17-36)50(77)67-42(31-38-32-63-34-65-38)51(78)70-44(33-75)52(79)66-40(21-12-25-64-59(61)62)49(76)71-48(35(2)3)57(84)73-27-14-23-46(73)54(81)69-43(30-37-18-10-7-11-19-37)56(83)74-28-15-24-47(74)58(85)86/h6-11,16-19,32,34-35,39-48,75H,4-5,12-15,20-31,33,60H2,1-3H3,(H,63,65)(H,66,79)(H,67,77)(H,68,80)(H,69,81)(H,70,78)(H,71,76)(H,85,86)(H4,61,62,64)/t39-,40-,41-,42-,43-,44-,45-,46-,47-,48-/m0/s1. The first-order valence-electron chi connectivity index (χ1n) is 29.6. The highest BCUT2D eigenvalue weighted by molar-refractivity contribution is 5.99. The number of nitrogens with one attached hydrogen (secondary N) is 7. The number of imidazole rings is 1. The van der Waals surface area contributed by atoms with E-state index < -0.39 is 126 Å². The smallest absolute Gasteiger partial charge is 0.326 e. The number of nitrogens with two attached hydrogens (primary N) is 3. The SMILES string of the molecule is CCCC[C@H](N)C(=O)N1CCC[C@H]1C(=O)N[C@@H](Cc1ccccc1)C(=O)N[C@@H](Cc1cnc[nH]1)C(=O)N[C@@H](CO)C(=O)N[C@@H](CCCN=C(N)N)C(=O)N[C@H](C(=O)N1CCC[C@H]1C(=O)N[C@@H](Cc1ccccc1)C(=O)N1CCC[C@H]1C(=O)O)C(C)C. The number of aromatic amines is 1. The minimum absolute atomic E-state index is 0.0202. The highest BCUT2D eigenvalue weighted by atomic mass is 16.4. The second kappa shape index (κ2) is 32.7. The third-order valence-corrected chi connectivity index (χ3v) is 15.7. The molecule has 15 N–H and O–H groups in total. The molecule has 3 aromatic rings. The van der Waals surface area contributed by atoms with Crippen molar-refractivity contribution in [2.24, 2.45) is 28.1 Å². The fourth-order valence-electron chi connectivity index (χ4n) is 11.1. The number of hydrogen-bond donors (Lipinski definition) is 12. The molecule has 0 saturated carbocycles. The first-order valence-corrected chi connectivity index (χ1v) is 29.6. The lowest BCUT2D eigenvalue weighted by atomic mass is 10.0. The van der Waals surface area contributed by atoms with Gasteiger partial charge in [-0.1, -0.05) is 94.3 Å². The Kier molecular flexibility index (Phi) is 25.4. The largest absolute Gasteiger partial charge is 0.480 e. The lowest BCUT2D eigenvalue weighted by Crippen LogP contribution is -2.61. The van der Waals surface area contributed by atoms with Crippen LogP contribution < -0.4 is 49.1 Å². The first kappa shape index (κ1) is 66.7. The topological polar surface area (TPSA) is 412 Å². The number of aromatic nitrogens is 2. The fourth-order valence-corrected chi connectivity index (χ4v) is 11.1. The maximum absolute atomic E-state index is 14.6. The third kappa shape index (κ3) is 18.8. The molecular formula is C59H85N15O12. The summed E-state index contributed by atoms with van der Waals surface area (Å²) in [5.74, 6) is -8.34. The Balaban J connectivity index is 1.17. The number of carbonyl (C=O) groups excluding carboxylic acids is 9. The second-order valence-corrected chi connectivity index (χ2v) is 22.5. The van der Waals surface area contributed by atoms with Crippen LogP contribution in [-0.2, 0) is 67.2 Å². The molecule has 6 rings (SSSR count). The lowest BCUT2D eigenvalue weighted by molar-refractivity contribution is -0.150. The van der Waals surface area contributed by atoms with E-state index in [9.17, 15) is 58.2 Å². The van der Waals surface area contributed by atoms with Gasteiger partial charge in [-0.25, -0.2) is 9.78 Å². The van der Waals surface area contributed by atoms with Gasteiger partial charge in [0.05, 0.1) is 19.0 Å². The van der Waals surface area contributed by atoms with Crippen molar-refractivity contribution in [3.05, 3.63) is 90.0 Å². The van der Waals surface area contributed by atoms with Crippen LogP contribution in [0.5, 0.6) is 0 Å². The van der Waals surface area contributed by atoms with Crippen LogP contribution in [-0.4, -0.2) is 193 Å². The van der Waals surface area contributed by atoms with E-state index in [4.69, 9.17) is 17.2 Å². The first-order chi connectivity index (χ1) is 41.2. The maximum Gasteiger partial charge on any atom is 0.326 e. The van der Waals surface area contributed by atoms with Gasteiger partial charge < -0.3 is 79.0 Å². The molecule has 0 unspecified atom stereocenters. The molecule has 27 nitrogen and oxygen atoms in total. The third-order valence-electron chi connectivity index (χ3n) is 15.7. The summed E-state index contributed by atoms with van der Waals surface area (Å²) >= 11 is 0. The van der Waals surface area contributed by atoms with Crippen molar-refractivity contribution in [2.75, 3.05) is 32.8 Å². The number of unbranched alkanes of at least 4 members (excludes halogenated alkanes) is 1. The van der Waals surface area contributed by atoms with E-state index in [0.717, 1.165) is 12.8 Å². The summed E-state index contributed by atoms with van der Waals surface area (Å²) in [6.45, 7) is 4.99. The quantitative estimate of drug-likeness (QED) is 0.0201. The van der Waals surface area contributed by atoms with E-state index >= 15 is 0 Å². The van der Waals surface area contributed by atoms with Crippen LogP contribution in [0.3, 0.4) is 0 Å². The number of carboxylic acid groups (broad SMARTS) is 1. The number of likely N-dealkylation sites (tertiary alicyclic amines) is 3. The average molecular weight is 1200 g/mol. The summed E-state index contributed by atoms with van der Waals surface area (Å²) in [6, 6.07) is 5.59. The molecule has 0 spiro atoms. The number of nitrogens with zero attached hydrogens (tertiary/aromatic N) is 5. The second-order valence-electron chi connectivity index (χ2n) is 22.5. The molecule has 27 heteroatoms. The van der Waals surface area contributed by atoms with E-state index in [0.29, 0.717) is 55.5 Å². The van der Waals surface area contributed by atoms with Crippen molar-refractivity contribution in [1.29, 1.82) is 0 Å². The zero-order valence-corrected chi connectivity index (χ0v) is 49.2. The molecule has 468 valence electrons. The van der Waals surface area contributed by atoms with E-state index in [-0.39, 0.29) is 76.4 Å². The lowest BCUT2D eigenvalue weighted by Gasteiger charge is -2.33. The zero-order valence-electron chi connectivity index (χ0n) is 49.2. The van der Waals surface area contributed by atoms with Crippen molar-refractivity contribution in [3.63, 3.8) is 0 Å². The Morgan fingerprint density at radius 3 is 1.63 bits per heavy atom. The fraction of sp³-hybridized carbons (Fsp3) is 0.559. The van der Waals surface area contributed by atoms with E-state index in [1.54, 1.807) is 74.5 Å². The molecule has 86 heavy (non-hydrogen) atoms. The highest BCUT2D eigenvalue weighted by Gasteiger charge is 2.44. The number of rotatable bonds is 31.